The van der Waals surface area contributed by atoms with Crippen LogP contribution in [0.25, 0.3) is 17.1 Å². The van der Waals surface area contributed by atoms with Gasteiger partial charge in [-0.05, 0) is 56.2 Å². The molecule has 0 radical (unpaired) electrons. The molecule has 0 bridgehead atoms. The number of carbonyl (C=O) groups is 1. The maximum atomic E-state index is 13.4. The van der Waals surface area contributed by atoms with Crippen LogP contribution in [-0.2, 0) is 4.79 Å². The average Bonchev–Trinajstić information content (AvgIpc) is 3.50. The van der Waals surface area contributed by atoms with Crippen LogP contribution < -0.4 is 0 Å². The predicted molar refractivity (Wildman–Crippen MR) is 125 cm³/mol. The molecule has 4 aromatic rings. The van der Waals surface area contributed by atoms with Gasteiger partial charge < -0.3 is 9.42 Å². The number of nitrogens with zero attached hydrogens (tertiary/aromatic N) is 6. The Morgan fingerprint density at radius 3 is 2.50 bits per heavy atom. The number of aromatic nitrogens is 5. The number of rotatable bonds is 6. The third kappa shape index (κ3) is 4.72. The highest BCUT2D eigenvalue weighted by molar-refractivity contribution is 7.99. The van der Waals surface area contributed by atoms with Gasteiger partial charge in [-0.15, -0.1) is 10.2 Å². The van der Waals surface area contributed by atoms with E-state index in [1.54, 1.807) is 19.1 Å². The summed E-state index contributed by atoms with van der Waals surface area (Å²) < 4.78 is 20.6. The molecule has 1 aliphatic heterocycles. The molecule has 34 heavy (non-hydrogen) atoms. The normalized spacial score (nSPS) is 14.5. The smallest absolute Gasteiger partial charge is 0.233 e. The van der Waals surface area contributed by atoms with E-state index in [9.17, 15) is 9.18 Å². The number of benzene rings is 2. The van der Waals surface area contributed by atoms with Crippen LogP contribution in [0.4, 0.5) is 4.39 Å². The maximum Gasteiger partial charge on any atom is 0.233 e. The van der Waals surface area contributed by atoms with E-state index in [2.05, 4.69) is 20.3 Å². The minimum Gasteiger partial charge on any atom is -0.342 e. The van der Waals surface area contributed by atoms with Crippen molar-refractivity contribution in [2.24, 2.45) is 0 Å². The molecule has 0 N–H and O–H groups in total. The standard InChI is InChI=1S/C24H23FN6O2S/c1-16-26-23(33-29-16)18-11-13-30(14-12-18)21(32)15-34-24-28-27-22(17-7-9-19(25)10-8-17)31(24)20-5-3-2-4-6-20/h2-10,18H,11-15H2,1H3. The predicted octanol–water partition coefficient (Wildman–Crippen LogP) is 4.26. The highest BCUT2D eigenvalue weighted by Crippen LogP contribution is 2.30. The number of halogens is 1. The van der Waals surface area contributed by atoms with E-state index in [1.165, 1.54) is 23.9 Å². The lowest BCUT2D eigenvalue weighted by Crippen LogP contribution is -2.39. The summed E-state index contributed by atoms with van der Waals surface area (Å²) in [5.74, 6) is 2.06. The van der Waals surface area contributed by atoms with Crippen LogP contribution in [0.3, 0.4) is 0 Å². The molecule has 10 heteroatoms. The molecule has 174 valence electrons. The van der Waals surface area contributed by atoms with Crippen molar-refractivity contribution in [3.8, 4) is 17.1 Å². The van der Waals surface area contributed by atoms with Crippen molar-refractivity contribution in [1.29, 1.82) is 0 Å². The van der Waals surface area contributed by atoms with E-state index in [0.717, 1.165) is 24.1 Å². The van der Waals surface area contributed by atoms with E-state index < -0.39 is 0 Å². The van der Waals surface area contributed by atoms with Crippen LogP contribution in [0, 0.1) is 12.7 Å². The van der Waals surface area contributed by atoms with Crippen molar-refractivity contribution in [3.63, 3.8) is 0 Å². The molecular formula is C24H23FN6O2S. The van der Waals surface area contributed by atoms with Gasteiger partial charge in [0.1, 0.15) is 5.82 Å². The number of thioether (sulfide) groups is 1. The number of likely N-dealkylation sites (tertiary alicyclic amines) is 1. The molecule has 1 amide bonds. The molecule has 0 unspecified atom stereocenters. The first-order chi connectivity index (χ1) is 16.6. The lowest BCUT2D eigenvalue weighted by Gasteiger charge is -2.30. The van der Waals surface area contributed by atoms with E-state index in [0.29, 0.717) is 35.8 Å². The number of para-hydroxylation sites is 1. The fourth-order valence-electron chi connectivity index (χ4n) is 4.03. The van der Waals surface area contributed by atoms with Gasteiger partial charge in [0.15, 0.2) is 16.8 Å². The van der Waals surface area contributed by atoms with Gasteiger partial charge in [0.25, 0.3) is 0 Å². The van der Waals surface area contributed by atoms with Gasteiger partial charge in [0.05, 0.1) is 5.75 Å². The van der Waals surface area contributed by atoms with E-state index in [-0.39, 0.29) is 23.4 Å². The summed E-state index contributed by atoms with van der Waals surface area (Å²) in [6, 6.07) is 15.8. The summed E-state index contributed by atoms with van der Waals surface area (Å²) in [5, 5.41) is 13.2. The molecule has 2 aromatic heterocycles. The van der Waals surface area contributed by atoms with Crippen molar-refractivity contribution in [1.82, 2.24) is 29.8 Å². The first-order valence-corrected chi connectivity index (χ1v) is 12.0. The van der Waals surface area contributed by atoms with Crippen LogP contribution in [-0.4, -0.2) is 54.6 Å². The van der Waals surface area contributed by atoms with Crippen molar-refractivity contribution in [3.05, 3.63) is 72.1 Å². The average molecular weight is 479 g/mol. The summed E-state index contributed by atoms with van der Waals surface area (Å²) in [6.07, 6.45) is 1.60. The van der Waals surface area contributed by atoms with Gasteiger partial charge >= 0.3 is 0 Å². The Kier molecular flexibility index (Phi) is 6.39. The zero-order valence-corrected chi connectivity index (χ0v) is 19.4. The highest BCUT2D eigenvalue weighted by atomic mass is 32.2. The molecule has 1 saturated heterocycles. The zero-order valence-electron chi connectivity index (χ0n) is 18.6. The van der Waals surface area contributed by atoms with Gasteiger partial charge in [-0.25, -0.2) is 4.39 Å². The molecule has 0 spiro atoms. The van der Waals surface area contributed by atoms with Gasteiger partial charge in [0, 0.05) is 30.3 Å². The highest BCUT2D eigenvalue weighted by Gasteiger charge is 2.27. The summed E-state index contributed by atoms with van der Waals surface area (Å²) in [6.45, 7) is 3.11. The maximum absolute atomic E-state index is 13.4. The Bertz CT molecular complexity index is 1270. The lowest BCUT2D eigenvalue weighted by atomic mass is 9.97. The first kappa shape index (κ1) is 22.3. The van der Waals surface area contributed by atoms with Crippen molar-refractivity contribution < 1.29 is 13.7 Å². The SMILES string of the molecule is Cc1noc(C2CCN(C(=O)CSc3nnc(-c4ccc(F)cc4)n3-c3ccccc3)CC2)n1. The fraction of sp³-hybridized carbons (Fsp3) is 0.292. The van der Waals surface area contributed by atoms with Crippen molar-refractivity contribution in [2.75, 3.05) is 18.8 Å². The molecule has 1 aliphatic rings. The fourth-order valence-corrected chi connectivity index (χ4v) is 4.89. The summed E-state index contributed by atoms with van der Waals surface area (Å²) >= 11 is 1.35. The van der Waals surface area contributed by atoms with Crippen LogP contribution in [0.1, 0.15) is 30.5 Å². The molecule has 8 nitrogen and oxygen atoms in total. The number of piperidine rings is 1. The Morgan fingerprint density at radius 2 is 1.82 bits per heavy atom. The Labute approximate surface area is 200 Å². The largest absolute Gasteiger partial charge is 0.342 e. The summed E-state index contributed by atoms with van der Waals surface area (Å²) in [4.78, 5) is 19.1. The minimum atomic E-state index is -0.312. The quantitative estimate of drug-likeness (QED) is 0.383. The van der Waals surface area contributed by atoms with Crippen molar-refractivity contribution >= 4 is 17.7 Å². The van der Waals surface area contributed by atoms with Crippen molar-refractivity contribution in [2.45, 2.75) is 30.8 Å². The monoisotopic (exact) mass is 478 g/mol. The Morgan fingerprint density at radius 1 is 1.09 bits per heavy atom. The second-order valence-corrected chi connectivity index (χ2v) is 9.05. The Hall–Kier alpha value is -3.53. The number of carbonyl (C=O) groups excluding carboxylic acids is 1. The molecule has 0 atom stereocenters. The number of amides is 1. The minimum absolute atomic E-state index is 0.0519. The van der Waals surface area contributed by atoms with Crippen LogP contribution >= 0.6 is 11.8 Å². The molecule has 5 rings (SSSR count). The third-order valence-corrected chi connectivity index (χ3v) is 6.73. The molecule has 0 saturated carbocycles. The van der Waals surface area contributed by atoms with Gasteiger partial charge in [0.2, 0.25) is 11.8 Å². The number of hydrogen-bond acceptors (Lipinski definition) is 7. The van der Waals surface area contributed by atoms with E-state index in [4.69, 9.17) is 4.52 Å². The van der Waals surface area contributed by atoms with E-state index in [1.807, 2.05) is 39.8 Å². The third-order valence-electron chi connectivity index (χ3n) is 5.82. The van der Waals surface area contributed by atoms with Crippen LogP contribution in [0.15, 0.2) is 64.3 Å². The molecule has 1 fully saturated rings. The summed E-state index contributed by atoms with van der Waals surface area (Å²) in [7, 11) is 0. The molecule has 2 aromatic carbocycles. The first-order valence-electron chi connectivity index (χ1n) is 11.1. The summed E-state index contributed by atoms with van der Waals surface area (Å²) in [5.41, 5.74) is 1.62. The van der Waals surface area contributed by atoms with Gasteiger partial charge in [-0.1, -0.05) is 35.1 Å². The zero-order chi connectivity index (χ0) is 23.5. The van der Waals surface area contributed by atoms with Crippen LogP contribution in [0.5, 0.6) is 0 Å². The number of aryl methyl sites for hydroxylation is 1. The van der Waals surface area contributed by atoms with E-state index >= 15 is 0 Å². The lowest BCUT2D eigenvalue weighted by molar-refractivity contribution is -0.129. The molecule has 3 heterocycles. The second kappa shape index (κ2) is 9.76. The van der Waals surface area contributed by atoms with Crippen LogP contribution in [0.2, 0.25) is 0 Å². The second-order valence-electron chi connectivity index (χ2n) is 8.11. The Balaban J connectivity index is 1.29. The van der Waals surface area contributed by atoms with Gasteiger partial charge in [-0.3, -0.25) is 9.36 Å². The topological polar surface area (TPSA) is 89.9 Å². The van der Waals surface area contributed by atoms with Gasteiger partial charge in [-0.2, -0.15) is 4.98 Å². The molecular weight excluding hydrogens is 455 g/mol. The number of hydrogen-bond donors (Lipinski definition) is 0. The molecule has 0 aliphatic carbocycles.